The number of nitrogens with zero attached hydrogens (tertiary/aromatic N) is 1. The summed E-state index contributed by atoms with van der Waals surface area (Å²) in [6, 6.07) is 6.47. The predicted octanol–water partition coefficient (Wildman–Crippen LogP) is 3.84. The zero-order valence-corrected chi connectivity index (χ0v) is 12.5. The lowest BCUT2D eigenvalue weighted by Gasteiger charge is -2.10. The van der Waals surface area contributed by atoms with E-state index in [1.54, 1.807) is 25.1 Å². The number of aryl methyl sites for hydroxylation is 2. The molecule has 1 aromatic heterocycles. The summed E-state index contributed by atoms with van der Waals surface area (Å²) in [4.78, 5) is 16.2. The number of pyridine rings is 1. The summed E-state index contributed by atoms with van der Waals surface area (Å²) in [6.07, 6.45) is 0. The maximum absolute atomic E-state index is 12.2. The molecule has 0 spiro atoms. The molecule has 104 valence electrons. The molecule has 6 heteroatoms. The van der Waals surface area contributed by atoms with Crippen LogP contribution >= 0.6 is 23.2 Å². The first kappa shape index (κ1) is 14.6. The molecule has 2 aromatic rings. The molecule has 0 saturated heterocycles. The van der Waals surface area contributed by atoms with Gasteiger partial charge in [0.1, 0.15) is 5.82 Å². The Morgan fingerprint density at radius 2 is 1.85 bits per heavy atom. The highest BCUT2D eigenvalue weighted by molar-refractivity contribution is 6.36. The number of nitrogen functional groups attached to an aromatic ring is 1. The molecule has 20 heavy (non-hydrogen) atoms. The maximum Gasteiger partial charge on any atom is 0.255 e. The molecule has 0 atom stereocenters. The third-order valence-electron chi connectivity index (χ3n) is 2.73. The topological polar surface area (TPSA) is 68.0 Å². The fourth-order valence-corrected chi connectivity index (χ4v) is 2.19. The lowest BCUT2D eigenvalue weighted by atomic mass is 10.2. The van der Waals surface area contributed by atoms with Crippen molar-refractivity contribution in [2.45, 2.75) is 13.8 Å². The van der Waals surface area contributed by atoms with E-state index >= 15 is 0 Å². The van der Waals surface area contributed by atoms with Crippen LogP contribution in [-0.2, 0) is 0 Å². The number of nitrogens with two attached hydrogens (primary N) is 1. The van der Waals surface area contributed by atoms with Crippen molar-refractivity contribution in [3.63, 3.8) is 0 Å². The van der Waals surface area contributed by atoms with E-state index in [0.29, 0.717) is 32.8 Å². The van der Waals surface area contributed by atoms with Gasteiger partial charge in [-0.2, -0.15) is 0 Å². The maximum atomic E-state index is 12.2. The normalized spacial score (nSPS) is 10.4. The number of aromatic nitrogens is 1. The van der Waals surface area contributed by atoms with Crippen LogP contribution < -0.4 is 11.1 Å². The first-order chi connectivity index (χ1) is 9.36. The highest BCUT2D eigenvalue weighted by Crippen LogP contribution is 2.29. The molecular weight excluding hydrogens is 297 g/mol. The first-order valence-corrected chi connectivity index (χ1v) is 6.63. The lowest BCUT2D eigenvalue weighted by Crippen LogP contribution is -2.13. The van der Waals surface area contributed by atoms with Crippen molar-refractivity contribution in [1.82, 2.24) is 4.98 Å². The number of halogens is 2. The largest absolute Gasteiger partial charge is 0.384 e. The van der Waals surface area contributed by atoms with Gasteiger partial charge in [0.15, 0.2) is 0 Å². The zero-order chi connectivity index (χ0) is 14.9. The smallest absolute Gasteiger partial charge is 0.255 e. The van der Waals surface area contributed by atoms with Gasteiger partial charge in [0.25, 0.3) is 5.91 Å². The van der Waals surface area contributed by atoms with Crippen LogP contribution in [0.2, 0.25) is 10.0 Å². The van der Waals surface area contributed by atoms with Crippen LogP contribution in [-0.4, -0.2) is 10.9 Å². The Morgan fingerprint density at radius 1 is 1.15 bits per heavy atom. The van der Waals surface area contributed by atoms with Crippen LogP contribution in [0.4, 0.5) is 11.5 Å². The highest BCUT2D eigenvalue weighted by Gasteiger charge is 2.11. The van der Waals surface area contributed by atoms with E-state index < -0.39 is 0 Å². The molecule has 3 N–H and O–H groups in total. The second-order valence-electron chi connectivity index (χ2n) is 4.46. The number of carbonyl (C=O) groups is 1. The quantitative estimate of drug-likeness (QED) is 0.885. The fraction of sp³-hybridized carbons (Fsp3) is 0.143. The molecule has 0 aliphatic rings. The SMILES string of the molecule is Cc1cc(C(=O)Nc2cc(Cl)c(C)cc2Cl)cc(N)n1. The minimum atomic E-state index is -0.316. The minimum absolute atomic E-state index is 0.295. The van der Waals surface area contributed by atoms with Gasteiger partial charge >= 0.3 is 0 Å². The summed E-state index contributed by atoms with van der Waals surface area (Å²) in [5.41, 5.74) is 8.02. The third kappa shape index (κ3) is 3.21. The molecule has 0 fully saturated rings. The van der Waals surface area contributed by atoms with Crippen molar-refractivity contribution in [3.05, 3.63) is 51.1 Å². The lowest BCUT2D eigenvalue weighted by molar-refractivity contribution is 0.102. The van der Waals surface area contributed by atoms with E-state index in [-0.39, 0.29) is 5.91 Å². The van der Waals surface area contributed by atoms with Crippen molar-refractivity contribution in [2.24, 2.45) is 0 Å². The van der Waals surface area contributed by atoms with Gasteiger partial charge < -0.3 is 11.1 Å². The van der Waals surface area contributed by atoms with E-state index in [1.807, 2.05) is 6.92 Å². The van der Waals surface area contributed by atoms with Gasteiger partial charge in [0.05, 0.1) is 10.7 Å². The Kier molecular flexibility index (Phi) is 4.16. The van der Waals surface area contributed by atoms with Crippen LogP contribution in [0.3, 0.4) is 0 Å². The Bertz CT molecular complexity index is 666. The van der Waals surface area contributed by atoms with Crippen LogP contribution in [0.15, 0.2) is 24.3 Å². The fourth-order valence-electron chi connectivity index (χ4n) is 1.76. The molecule has 0 aliphatic carbocycles. The van der Waals surface area contributed by atoms with Crippen LogP contribution in [0, 0.1) is 13.8 Å². The van der Waals surface area contributed by atoms with Gasteiger partial charge in [0.2, 0.25) is 0 Å². The summed E-state index contributed by atoms with van der Waals surface area (Å²) >= 11 is 12.1. The summed E-state index contributed by atoms with van der Waals surface area (Å²) < 4.78 is 0. The second kappa shape index (κ2) is 5.69. The second-order valence-corrected chi connectivity index (χ2v) is 5.27. The van der Waals surface area contributed by atoms with Crippen LogP contribution in [0.1, 0.15) is 21.6 Å². The minimum Gasteiger partial charge on any atom is -0.384 e. The average molecular weight is 310 g/mol. The number of hydrogen-bond donors (Lipinski definition) is 2. The number of amides is 1. The molecule has 0 aliphatic heterocycles. The van der Waals surface area contributed by atoms with Crippen LogP contribution in [0.5, 0.6) is 0 Å². The number of rotatable bonds is 2. The van der Waals surface area contributed by atoms with Crippen LogP contribution in [0.25, 0.3) is 0 Å². The monoisotopic (exact) mass is 309 g/mol. The summed E-state index contributed by atoms with van der Waals surface area (Å²) in [5.74, 6) is -0.0211. The first-order valence-electron chi connectivity index (χ1n) is 5.88. The van der Waals surface area contributed by atoms with E-state index in [4.69, 9.17) is 28.9 Å². The van der Waals surface area contributed by atoms with Crippen molar-refractivity contribution < 1.29 is 4.79 Å². The number of carbonyl (C=O) groups excluding carboxylic acids is 1. The zero-order valence-electron chi connectivity index (χ0n) is 11.0. The molecule has 1 amide bonds. The van der Waals surface area contributed by atoms with Gasteiger partial charge in [-0.25, -0.2) is 4.98 Å². The molecule has 2 rings (SSSR count). The molecule has 4 nitrogen and oxygen atoms in total. The van der Waals surface area contributed by atoms with Crippen molar-refractivity contribution >= 4 is 40.6 Å². The number of nitrogens with one attached hydrogen (secondary N) is 1. The predicted molar refractivity (Wildman–Crippen MR) is 82.5 cm³/mol. The molecular formula is C14H13Cl2N3O. The molecule has 0 unspecified atom stereocenters. The van der Waals surface area contributed by atoms with Gasteiger partial charge in [-0.1, -0.05) is 23.2 Å². The third-order valence-corrected chi connectivity index (χ3v) is 3.45. The van der Waals surface area contributed by atoms with Gasteiger partial charge in [0, 0.05) is 16.3 Å². The number of hydrogen-bond acceptors (Lipinski definition) is 3. The molecule has 0 radical (unpaired) electrons. The van der Waals surface area contributed by atoms with Crippen molar-refractivity contribution in [2.75, 3.05) is 11.1 Å². The van der Waals surface area contributed by atoms with Gasteiger partial charge in [-0.15, -0.1) is 0 Å². The summed E-state index contributed by atoms with van der Waals surface area (Å²) in [6.45, 7) is 3.61. The Hall–Kier alpha value is -1.78. The molecule has 1 heterocycles. The Morgan fingerprint density at radius 3 is 2.50 bits per heavy atom. The Balaban J connectivity index is 2.30. The summed E-state index contributed by atoms with van der Waals surface area (Å²) in [5, 5.41) is 3.68. The van der Waals surface area contributed by atoms with Crippen molar-refractivity contribution in [1.29, 1.82) is 0 Å². The van der Waals surface area contributed by atoms with Crippen molar-refractivity contribution in [3.8, 4) is 0 Å². The van der Waals surface area contributed by atoms with Gasteiger partial charge in [-0.05, 0) is 43.7 Å². The Labute approximate surface area is 126 Å². The average Bonchev–Trinajstić information content (AvgIpc) is 2.34. The molecule has 0 bridgehead atoms. The van der Waals surface area contributed by atoms with E-state index in [0.717, 1.165) is 5.56 Å². The molecule has 0 saturated carbocycles. The van der Waals surface area contributed by atoms with Gasteiger partial charge in [-0.3, -0.25) is 4.79 Å². The van der Waals surface area contributed by atoms with E-state index in [2.05, 4.69) is 10.3 Å². The summed E-state index contributed by atoms with van der Waals surface area (Å²) in [7, 11) is 0. The number of benzene rings is 1. The highest BCUT2D eigenvalue weighted by atomic mass is 35.5. The van der Waals surface area contributed by atoms with E-state index in [1.165, 1.54) is 6.07 Å². The van der Waals surface area contributed by atoms with E-state index in [9.17, 15) is 4.79 Å². The number of anilines is 2. The standard InChI is InChI=1S/C14H13Cl2N3O/c1-7-3-11(16)12(6-10(7)15)19-14(20)9-4-8(2)18-13(17)5-9/h3-6H,1-2H3,(H2,17,18)(H,19,20). The molecule has 1 aromatic carbocycles.